The first-order valence-electron chi connectivity index (χ1n) is 11.4. The van der Waals surface area contributed by atoms with Crippen LogP contribution in [0.5, 0.6) is 0 Å². The zero-order valence-corrected chi connectivity index (χ0v) is 20.1. The van der Waals surface area contributed by atoms with E-state index in [0.717, 1.165) is 43.8 Å². The summed E-state index contributed by atoms with van der Waals surface area (Å²) in [7, 11) is 0. The molecule has 1 amide bonds. The van der Waals surface area contributed by atoms with Crippen molar-refractivity contribution in [3.05, 3.63) is 54.2 Å². The number of fused-ring (bicyclic) bond motifs is 1. The van der Waals surface area contributed by atoms with Gasteiger partial charge in [-0.15, -0.1) is 0 Å². The number of aromatic nitrogens is 1. The number of ether oxygens (including phenoxy) is 1. The number of amides is 1. The minimum atomic E-state index is -5.08. The van der Waals surface area contributed by atoms with Gasteiger partial charge in [0.25, 0.3) is 0 Å². The van der Waals surface area contributed by atoms with Crippen molar-refractivity contribution in [3.8, 4) is 0 Å². The molecule has 3 N–H and O–H groups in total. The topological polar surface area (TPSA) is 142 Å². The third-order valence-corrected chi connectivity index (χ3v) is 5.55. The van der Waals surface area contributed by atoms with E-state index in [2.05, 4.69) is 21.3 Å². The van der Waals surface area contributed by atoms with Gasteiger partial charge in [0.1, 0.15) is 11.9 Å². The molecule has 2 aromatic heterocycles. The van der Waals surface area contributed by atoms with Crippen LogP contribution in [0.2, 0.25) is 0 Å². The highest BCUT2D eigenvalue weighted by molar-refractivity contribution is 5.80. The Hall–Kier alpha value is -3.66. The lowest BCUT2D eigenvalue weighted by atomic mass is 9.98. The number of carbonyl (C=O) groups excluding carboxylic acids is 1. The van der Waals surface area contributed by atoms with E-state index < -0.39 is 24.3 Å². The van der Waals surface area contributed by atoms with Crippen molar-refractivity contribution in [1.29, 1.82) is 0 Å². The predicted molar refractivity (Wildman–Crippen MR) is 119 cm³/mol. The molecule has 2 aliphatic rings. The minimum absolute atomic E-state index is 0.0435. The number of halogens is 6. The SMILES string of the molecule is O=C(NCc1ccco1)[C@@H]1CC[C@@H]2[C@@H](CCN2Cc2ccccn2)O1.O=C(O)C(F)(F)F.O=C(O)C(F)(F)F. The van der Waals surface area contributed by atoms with Crippen LogP contribution in [-0.4, -0.2) is 75.1 Å². The summed E-state index contributed by atoms with van der Waals surface area (Å²) in [6.07, 6.45) is -4.24. The lowest BCUT2D eigenvalue weighted by Gasteiger charge is -2.35. The zero-order chi connectivity index (χ0) is 29.2. The number of rotatable bonds is 5. The summed E-state index contributed by atoms with van der Waals surface area (Å²) < 4.78 is 74.8. The van der Waals surface area contributed by atoms with Crippen LogP contribution in [0, 0.1) is 0 Å². The number of nitrogens with zero attached hydrogens (tertiary/aromatic N) is 2. The number of aliphatic carboxylic acids is 2. The molecule has 0 aromatic carbocycles. The van der Waals surface area contributed by atoms with Crippen molar-refractivity contribution in [3.63, 3.8) is 0 Å². The number of nitrogens with one attached hydrogen (secondary N) is 1. The van der Waals surface area contributed by atoms with Crippen molar-refractivity contribution in [2.45, 2.75) is 63.0 Å². The molecule has 2 fully saturated rings. The first kappa shape index (κ1) is 31.6. The normalized spacial score (nSPS) is 20.9. The van der Waals surface area contributed by atoms with Crippen LogP contribution in [0.1, 0.15) is 30.7 Å². The number of hydrogen-bond acceptors (Lipinski definition) is 7. The van der Waals surface area contributed by atoms with Gasteiger partial charge in [0.15, 0.2) is 0 Å². The second-order valence-electron chi connectivity index (χ2n) is 8.29. The lowest BCUT2D eigenvalue weighted by Crippen LogP contribution is -2.47. The third-order valence-electron chi connectivity index (χ3n) is 5.55. The second kappa shape index (κ2) is 13.9. The van der Waals surface area contributed by atoms with Crippen LogP contribution >= 0.6 is 0 Å². The van der Waals surface area contributed by atoms with E-state index in [1.165, 1.54) is 0 Å². The summed E-state index contributed by atoms with van der Waals surface area (Å²) in [6.45, 7) is 2.25. The number of carbonyl (C=O) groups is 3. The number of likely N-dealkylation sites (tertiary alicyclic amines) is 1. The molecule has 16 heteroatoms. The summed E-state index contributed by atoms with van der Waals surface area (Å²) in [5.74, 6) is -4.80. The summed E-state index contributed by atoms with van der Waals surface area (Å²) in [5.41, 5.74) is 1.08. The molecule has 2 aliphatic heterocycles. The number of carboxylic acids is 2. The largest absolute Gasteiger partial charge is 0.490 e. The van der Waals surface area contributed by atoms with E-state index in [-0.39, 0.29) is 18.1 Å². The third kappa shape index (κ3) is 10.6. The van der Waals surface area contributed by atoms with Crippen LogP contribution < -0.4 is 5.32 Å². The van der Waals surface area contributed by atoms with Crippen LogP contribution in [0.3, 0.4) is 0 Å². The highest BCUT2D eigenvalue weighted by atomic mass is 19.4. The molecule has 0 radical (unpaired) electrons. The molecule has 2 aromatic rings. The van der Waals surface area contributed by atoms with E-state index >= 15 is 0 Å². The van der Waals surface area contributed by atoms with E-state index in [0.29, 0.717) is 12.6 Å². The summed E-state index contributed by atoms with van der Waals surface area (Å²) in [4.78, 5) is 37.0. The van der Waals surface area contributed by atoms with Gasteiger partial charge >= 0.3 is 24.3 Å². The van der Waals surface area contributed by atoms with Gasteiger partial charge in [-0.25, -0.2) is 9.59 Å². The van der Waals surface area contributed by atoms with E-state index in [1.54, 1.807) is 6.26 Å². The molecular weight excluding hydrogens is 544 g/mol. The van der Waals surface area contributed by atoms with Crippen LogP contribution in [0.4, 0.5) is 26.3 Å². The summed E-state index contributed by atoms with van der Waals surface area (Å²) >= 11 is 0. The van der Waals surface area contributed by atoms with E-state index in [9.17, 15) is 31.1 Å². The number of carboxylic acid groups (broad SMARTS) is 2. The van der Waals surface area contributed by atoms with Gasteiger partial charge in [0.05, 0.1) is 24.6 Å². The fourth-order valence-electron chi connectivity index (χ4n) is 3.80. The molecule has 0 bridgehead atoms. The maximum atomic E-state index is 12.4. The average molecular weight is 569 g/mol. The van der Waals surface area contributed by atoms with Crippen molar-refractivity contribution in [2.75, 3.05) is 6.54 Å². The molecule has 2 saturated heterocycles. The highest BCUT2D eigenvalue weighted by Crippen LogP contribution is 2.32. The maximum Gasteiger partial charge on any atom is 0.490 e. The van der Waals surface area contributed by atoms with E-state index in [1.807, 2.05) is 30.5 Å². The Bertz CT molecular complexity index is 1040. The summed E-state index contributed by atoms with van der Waals surface area (Å²) in [5, 5.41) is 17.2. The van der Waals surface area contributed by atoms with Gasteiger partial charge in [-0.1, -0.05) is 6.07 Å². The van der Waals surface area contributed by atoms with Crippen molar-refractivity contribution in [2.24, 2.45) is 0 Å². The molecule has 39 heavy (non-hydrogen) atoms. The first-order chi connectivity index (χ1) is 18.2. The summed E-state index contributed by atoms with van der Waals surface area (Å²) in [6, 6.07) is 10.1. The monoisotopic (exact) mass is 569 g/mol. The molecule has 4 heterocycles. The van der Waals surface area contributed by atoms with Gasteiger partial charge in [-0.2, -0.15) is 26.3 Å². The number of furan rings is 1. The maximum absolute atomic E-state index is 12.4. The Kier molecular flexibility index (Phi) is 11.3. The molecule has 3 atom stereocenters. The molecule has 10 nitrogen and oxygen atoms in total. The van der Waals surface area contributed by atoms with Gasteiger partial charge in [0.2, 0.25) is 5.91 Å². The first-order valence-corrected chi connectivity index (χ1v) is 11.4. The van der Waals surface area contributed by atoms with Gasteiger partial charge in [0, 0.05) is 25.3 Å². The van der Waals surface area contributed by atoms with Crippen molar-refractivity contribution >= 4 is 17.8 Å². The minimum Gasteiger partial charge on any atom is -0.475 e. The molecule has 0 spiro atoms. The Balaban J connectivity index is 0.000000317. The Labute approximate surface area is 217 Å². The fraction of sp³-hybridized carbons (Fsp3) is 0.478. The number of hydrogen-bond donors (Lipinski definition) is 3. The van der Waals surface area contributed by atoms with Crippen molar-refractivity contribution < 1.29 is 60.1 Å². The van der Waals surface area contributed by atoms with Crippen LogP contribution in [0.15, 0.2) is 47.2 Å². The fourth-order valence-corrected chi connectivity index (χ4v) is 3.80. The lowest BCUT2D eigenvalue weighted by molar-refractivity contribution is -0.193. The predicted octanol–water partition coefficient (Wildman–Crippen LogP) is 3.38. The Morgan fingerprint density at radius 2 is 1.62 bits per heavy atom. The Morgan fingerprint density at radius 3 is 2.13 bits per heavy atom. The zero-order valence-electron chi connectivity index (χ0n) is 20.1. The van der Waals surface area contributed by atoms with Gasteiger partial charge in [-0.3, -0.25) is 14.7 Å². The molecule has 0 saturated carbocycles. The molecule has 0 aliphatic carbocycles. The van der Waals surface area contributed by atoms with Crippen LogP contribution in [0.25, 0.3) is 0 Å². The smallest absolute Gasteiger partial charge is 0.475 e. The quantitative estimate of drug-likeness (QED) is 0.462. The van der Waals surface area contributed by atoms with Gasteiger partial charge in [-0.05, 0) is 43.5 Å². The van der Waals surface area contributed by atoms with Gasteiger partial charge < -0.3 is 24.7 Å². The highest BCUT2D eigenvalue weighted by Gasteiger charge is 2.42. The molecule has 216 valence electrons. The van der Waals surface area contributed by atoms with Crippen LogP contribution in [-0.2, 0) is 32.2 Å². The van der Waals surface area contributed by atoms with E-state index in [4.69, 9.17) is 29.0 Å². The molecule has 0 unspecified atom stereocenters. The standard InChI is InChI=1S/C19H23N3O3.2C2HF3O2/c23-19(21-12-15-5-3-11-24-15)18-7-6-16-17(25-18)8-10-22(16)13-14-4-1-2-9-20-14;2*3-2(4,5)1(6)7/h1-5,9,11,16-18H,6-8,10,12-13H2,(H,21,23);2*(H,6,7)/t16-,17-,18+;;/m1../s1. The second-order valence-corrected chi connectivity index (χ2v) is 8.29. The van der Waals surface area contributed by atoms with Crippen molar-refractivity contribution in [1.82, 2.24) is 15.2 Å². The Morgan fingerprint density at radius 1 is 0.974 bits per heavy atom. The molecule has 4 rings (SSSR count). The average Bonchev–Trinajstić information content (AvgIpc) is 3.53. The molecular formula is C23H25F6N3O7. The number of alkyl halides is 6. The number of pyridine rings is 1.